The number of sulfonamides is 1. The zero-order valence-electron chi connectivity index (χ0n) is 15.2. The number of halogens is 4. The Balaban J connectivity index is 2.27. The number of carbonyl (C=O) groups excluding carboxylic acids is 1. The average Bonchev–Trinajstić information content (AvgIpc) is 3.03. The minimum Gasteiger partial charge on any atom is -0.345 e. The number of rotatable bonds is 6. The van der Waals surface area contributed by atoms with Crippen LogP contribution in [-0.4, -0.2) is 31.1 Å². The zero-order chi connectivity index (χ0) is 22.0. The number of hydrogen-bond donors (Lipinski definition) is 2. The van der Waals surface area contributed by atoms with E-state index < -0.39 is 45.3 Å². The summed E-state index contributed by atoms with van der Waals surface area (Å²) in [5.41, 5.74) is -0.395. The van der Waals surface area contributed by atoms with E-state index in [1.54, 1.807) is 10.8 Å². The highest BCUT2D eigenvalue weighted by atomic mass is 32.2. The zero-order valence-corrected chi connectivity index (χ0v) is 16.0. The Bertz CT molecular complexity index is 1070. The molecule has 29 heavy (non-hydrogen) atoms. The van der Waals surface area contributed by atoms with Crippen LogP contribution >= 0.6 is 0 Å². The first-order chi connectivity index (χ1) is 13.4. The van der Waals surface area contributed by atoms with Gasteiger partial charge < -0.3 is 9.88 Å². The van der Waals surface area contributed by atoms with Crippen LogP contribution < -0.4 is 10.0 Å². The molecule has 0 aliphatic carbocycles. The second kappa shape index (κ2) is 8.22. The van der Waals surface area contributed by atoms with Crippen molar-refractivity contribution in [3.05, 3.63) is 47.5 Å². The normalized spacial score (nSPS) is 13.0. The summed E-state index contributed by atoms with van der Waals surface area (Å²) in [4.78, 5) is 11.9. The van der Waals surface area contributed by atoms with Crippen molar-refractivity contribution < 1.29 is 30.8 Å². The first-order valence-corrected chi connectivity index (χ1v) is 9.63. The predicted octanol–water partition coefficient (Wildman–Crippen LogP) is 2.91. The molecule has 0 saturated carbocycles. The van der Waals surface area contributed by atoms with Gasteiger partial charge >= 0.3 is 6.18 Å². The van der Waals surface area contributed by atoms with Gasteiger partial charge in [-0.25, -0.2) is 12.8 Å². The fraction of sp³-hybridized carbons (Fsp3) is 0.294. The molecule has 1 heterocycles. The monoisotopic (exact) mass is 432 g/mol. The van der Waals surface area contributed by atoms with Gasteiger partial charge in [0.05, 0.1) is 5.56 Å². The maximum absolute atomic E-state index is 13.4. The molecule has 0 radical (unpaired) electrons. The first-order valence-electron chi connectivity index (χ1n) is 8.15. The third kappa shape index (κ3) is 5.12. The van der Waals surface area contributed by atoms with Gasteiger partial charge in [-0.05, 0) is 30.7 Å². The lowest BCUT2D eigenvalue weighted by molar-refractivity contribution is -0.151. The molecule has 0 fully saturated rings. The number of aryl methyl sites for hydroxylation is 1. The van der Waals surface area contributed by atoms with Crippen LogP contribution in [0.5, 0.6) is 0 Å². The minimum absolute atomic E-state index is 0.0831. The van der Waals surface area contributed by atoms with E-state index in [1.807, 2.05) is 0 Å². The second-order valence-electron chi connectivity index (χ2n) is 6.06. The Morgan fingerprint density at radius 1 is 1.31 bits per heavy atom. The molecule has 2 N–H and O–H groups in total. The number of aromatic nitrogens is 1. The van der Waals surface area contributed by atoms with E-state index in [-0.39, 0.29) is 16.9 Å². The fourth-order valence-corrected chi connectivity index (χ4v) is 3.80. The van der Waals surface area contributed by atoms with Gasteiger partial charge in [-0.2, -0.15) is 23.2 Å². The molecule has 0 bridgehead atoms. The third-order valence-corrected chi connectivity index (χ3v) is 5.41. The van der Waals surface area contributed by atoms with Crippen LogP contribution in [0.1, 0.15) is 29.4 Å². The molecular formula is C17H16F4N4O3S. The summed E-state index contributed by atoms with van der Waals surface area (Å²) >= 11 is 0. The summed E-state index contributed by atoms with van der Waals surface area (Å²) in [6, 6.07) is 3.51. The molecule has 1 amide bonds. The lowest BCUT2D eigenvalue weighted by Crippen LogP contribution is -2.44. The van der Waals surface area contributed by atoms with Gasteiger partial charge in [-0.3, -0.25) is 4.79 Å². The van der Waals surface area contributed by atoms with Crippen LogP contribution in [0.15, 0.2) is 35.4 Å². The Morgan fingerprint density at radius 3 is 2.52 bits per heavy atom. The molecular weight excluding hydrogens is 416 g/mol. The Hall–Kier alpha value is -2.91. The van der Waals surface area contributed by atoms with E-state index in [0.717, 1.165) is 29.0 Å². The molecule has 1 aromatic carbocycles. The highest BCUT2D eigenvalue weighted by Crippen LogP contribution is 2.25. The number of hydrogen-bond acceptors (Lipinski definition) is 4. The Labute approximate surface area is 164 Å². The molecule has 156 valence electrons. The lowest BCUT2D eigenvalue weighted by Gasteiger charge is -2.19. The Kier molecular flexibility index (Phi) is 6.34. The summed E-state index contributed by atoms with van der Waals surface area (Å²) in [6.07, 6.45) is -4.28. The topological polar surface area (TPSA) is 104 Å². The number of nitrogens with one attached hydrogen (secondary N) is 2. The standard InChI is InChI=1S/C17H16F4N4O3S/c1-3-15(17(19,20)21)24-29(27,28)12-7-14(25(2)9-12)16(26)23-11-4-5-13(18)10(6-11)8-22/h4-7,9,15,24H,3H2,1-2H3,(H,23,26)/t15-/m0/s1. The molecule has 0 saturated heterocycles. The molecule has 1 atom stereocenters. The van der Waals surface area contributed by atoms with Crippen molar-refractivity contribution in [1.82, 2.24) is 9.29 Å². The van der Waals surface area contributed by atoms with Crippen LogP contribution in [0.4, 0.5) is 23.2 Å². The van der Waals surface area contributed by atoms with Crippen LogP contribution in [-0.2, 0) is 17.1 Å². The predicted molar refractivity (Wildman–Crippen MR) is 94.9 cm³/mol. The van der Waals surface area contributed by atoms with E-state index in [9.17, 15) is 30.8 Å². The van der Waals surface area contributed by atoms with Gasteiger partial charge in [0, 0.05) is 18.9 Å². The molecule has 0 spiro atoms. The first kappa shape index (κ1) is 22.4. The van der Waals surface area contributed by atoms with Crippen molar-refractivity contribution in [2.45, 2.75) is 30.5 Å². The van der Waals surface area contributed by atoms with Gasteiger partial charge in [-0.15, -0.1) is 0 Å². The van der Waals surface area contributed by atoms with Crippen LogP contribution in [0.3, 0.4) is 0 Å². The number of nitrogens with zero attached hydrogens (tertiary/aromatic N) is 2. The highest BCUT2D eigenvalue weighted by molar-refractivity contribution is 7.89. The Morgan fingerprint density at radius 2 is 1.97 bits per heavy atom. The smallest absolute Gasteiger partial charge is 0.345 e. The molecule has 0 unspecified atom stereocenters. The second-order valence-corrected chi connectivity index (χ2v) is 7.77. The summed E-state index contributed by atoms with van der Waals surface area (Å²) < 4.78 is 79.2. The van der Waals surface area contributed by atoms with Crippen LogP contribution in [0.2, 0.25) is 0 Å². The summed E-state index contributed by atoms with van der Waals surface area (Å²) in [6.45, 7) is 1.18. The summed E-state index contributed by atoms with van der Waals surface area (Å²) in [5.74, 6) is -1.58. The number of carbonyl (C=O) groups is 1. The van der Waals surface area contributed by atoms with E-state index in [2.05, 4.69) is 5.32 Å². The van der Waals surface area contributed by atoms with Crippen molar-refractivity contribution in [2.75, 3.05) is 5.32 Å². The third-order valence-electron chi connectivity index (χ3n) is 3.97. The van der Waals surface area contributed by atoms with Crippen molar-refractivity contribution in [3.8, 4) is 6.07 Å². The summed E-state index contributed by atoms with van der Waals surface area (Å²) in [5, 5.41) is 11.2. The van der Waals surface area contributed by atoms with Crippen LogP contribution in [0, 0.1) is 17.1 Å². The SMILES string of the molecule is CC[C@H](NS(=O)(=O)c1cc(C(=O)Nc2ccc(F)c(C#N)c2)n(C)c1)C(F)(F)F. The number of amides is 1. The number of nitriles is 1. The molecule has 2 aromatic rings. The number of anilines is 1. The highest BCUT2D eigenvalue weighted by Gasteiger charge is 2.41. The number of alkyl halides is 3. The molecule has 1 aromatic heterocycles. The molecule has 12 heteroatoms. The van der Waals surface area contributed by atoms with Crippen molar-refractivity contribution in [2.24, 2.45) is 7.05 Å². The van der Waals surface area contributed by atoms with E-state index in [0.29, 0.717) is 0 Å². The van der Waals surface area contributed by atoms with Crippen molar-refractivity contribution in [3.63, 3.8) is 0 Å². The molecule has 7 nitrogen and oxygen atoms in total. The maximum atomic E-state index is 13.4. The minimum atomic E-state index is -4.77. The number of benzene rings is 1. The van der Waals surface area contributed by atoms with Gasteiger partial charge in [0.15, 0.2) is 0 Å². The van der Waals surface area contributed by atoms with Crippen molar-refractivity contribution in [1.29, 1.82) is 5.26 Å². The molecule has 2 rings (SSSR count). The average molecular weight is 432 g/mol. The maximum Gasteiger partial charge on any atom is 0.404 e. The van der Waals surface area contributed by atoms with Gasteiger partial charge in [0.1, 0.15) is 28.5 Å². The van der Waals surface area contributed by atoms with E-state index in [1.165, 1.54) is 20.0 Å². The summed E-state index contributed by atoms with van der Waals surface area (Å²) in [7, 11) is -3.21. The molecule has 0 aliphatic heterocycles. The quantitative estimate of drug-likeness (QED) is 0.685. The van der Waals surface area contributed by atoms with Gasteiger partial charge in [0.25, 0.3) is 5.91 Å². The fourth-order valence-electron chi connectivity index (χ4n) is 2.43. The largest absolute Gasteiger partial charge is 0.404 e. The van der Waals surface area contributed by atoms with E-state index >= 15 is 0 Å². The van der Waals surface area contributed by atoms with E-state index in [4.69, 9.17) is 5.26 Å². The van der Waals surface area contributed by atoms with Crippen molar-refractivity contribution >= 4 is 21.6 Å². The van der Waals surface area contributed by atoms with Gasteiger partial charge in [0.2, 0.25) is 10.0 Å². The van der Waals surface area contributed by atoms with Crippen LogP contribution in [0.25, 0.3) is 0 Å². The lowest BCUT2D eigenvalue weighted by atomic mass is 10.2. The molecule has 0 aliphatic rings. The van der Waals surface area contributed by atoms with Gasteiger partial charge in [-0.1, -0.05) is 6.92 Å².